The minimum atomic E-state index is -4.95. The van der Waals surface area contributed by atoms with Crippen molar-refractivity contribution in [1.82, 2.24) is 0 Å². The average molecular weight is 255 g/mol. The van der Waals surface area contributed by atoms with E-state index in [2.05, 4.69) is 0 Å². The lowest BCUT2D eigenvalue weighted by Gasteiger charge is -2.32. The molecule has 1 aliphatic carbocycles. The molecule has 17 heavy (non-hydrogen) atoms. The van der Waals surface area contributed by atoms with Gasteiger partial charge in [0.1, 0.15) is 0 Å². The van der Waals surface area contributed by atoms with Crippen molar-refractivity contribution in [3.63, 3.8) is 0 Å². The first-order valence-electron chi connectivity index (χ1n) is 5.65. The summed E-state index contributed by atoms with van der Waals surface area (Å²) < 4.78 is 38.0. The molecular formula is C10H16F3NO3. The predicted molar refractivity (Wildman–Crippen MR) is 54.1 cm³/mol. The average Bonchev–Trinajstić information content (AvgIpc) is 2.15. The normalized spacial score (nSPS) is 22.1. The number of nitrogens with zero attached hydrogens (tertiary/aromatic N) is 1. The third-order valence-electron chi connectivity index (χ3n) is 3.27. The van der Waals surface area contributed by atoms with Gasteiger partial charge in [-0.15, -0.1) is 0 Å². The predicted octanol–water partition coefficient (Wildman–Crippen LogP) is 2.53. The number of nitro groups is 1. The Labute approximate surface area is 97.0 Å². The summed E-state index contributed by atoms with van der Waals surface area (Å²) in [5.41, 5.74) is -3.18. The molecule has 0 aromatic heterocycles. The highest BCUT2D eigenvalue weighted by atomic mass is 19.4. The SMILES string of the molecule is O=[N+]([O-])CC(O)(CC1CCCCC1)C(F)(F)F. The fourth-order valence-electron chi connectivity index (χ4n) is 2.35. The summed E-state index contributed by atoms with van der Waals surface area (Å²) in [6.07, 6.45) is -1.65. The number of aliphatic hydroxyl groups is 1. The Kier molecular flexibility index (Phi) is 4.35. The van der Waals surface area contributed by atoms with Crippen molar-refractivity contribution in [1.29, 1.82) is 0 Å². The number of hydrogen-bond donors (Lipinski definition) is 1. The van der Waals surface area contributed by atoms with Gasteiger partial charge >= 0.3 is 6.18 Å². The van der Waals surface area contributed by atoms with E-state index < -0.39 is 29.7 Å². The van der Waals surface area contributed by atoms with Crippen molar-refractivity contribution < 1.29 is 23.2 Å². The van der Waals surface area contributed by atoms with E-state index in [0.29, 0.717) is 12.8 Å². The molecule has 0 aliphatic heterocycles. The Morgan fingerprint density at radius 1 is 1.24 bits per heavy atom. The van der Waals surface area contributed by atoms with E-state index in [1.807, 2.05) is 0 Å². The van der Waals surface area contributed by atoms with Gasteiger partial charge in [0, 0.05) is 4.92 Å². The van der Waals surface area contributed by atoms with Gasteiger partial charge in [0.25, 0.3) is 0 Å². The zero-order valence-corrected chi connectivity index (χ0v) is 9.37. The monoisotopic (exact) mass is 255 g/mol. The van der Waals surface area contributed by atoms with E-state index in [-0.39, 0.29) is 5.92 Å². The number of alkyl halides is 3. The van der Waals surface area contributed by atoms with Gasteiger partial charge in [-0.1, -0.05) is 32.1 Å². The zero-order chi connectivity index (χ0) is 13.1. The van der Waals surface area contributed by atoms with Crippen LogP contribution in [0.15, 0.2) is 0 Å². The van der Waals surface area contributed by atoms with E-state index in [9.17, 15) is 28.4 Å². The van der Waals surface area contributed by atoms with Crippen LogP contribution in [0.5, 0.6) is 0 Å². The van der Waals surface area contributed by atoms with Crippen LogP contribution in [0.1, 0.15) is 38.5 Å². The second-order valence-corrected chi connectivity index (χ2v) is 4.73. The summed E-state index contributed by atoms with van der Waals surface area (Å²) in [6.45, 7) is -1.47. The van der Waals surface area contributed by atoms with Crippen molar-refractivity contribution in [2.24, 2.45) is 5.92 Å². The maximum absolute atomic E-state index is 12.7. The van der Waals surface area contributed by atoms with Gasteiger partial charge in [-0.2, -0.15) is 13.2 Å². The molecule has 1 rings (SSSR count). The van der Waals surface area contributed by atoms with Crippen LogP contribution in [-0.4, -0.2) is 28.4 Å². The highest BCUT2D eigenvalue weighted by Crippen LogP contribution is 2.39. The van der Waals surface area contributed by atoms with Crippen LogP contribution in [0, 0.1) is 16.0 Å². The molecule has 0 bridgehead atoms. The van der Waals surface area contributed by atoms with Crippen LogP contribution in [0.2, 0.25) is 0 Å². The van der Waals surface area contributed by atoms with E-state index in [0.717, 1.165) is 19.3 Å². The number of rotatable bonds is 4. The molecule has 0 saturated heterocycles. The quantitative estimate of drug-likeness (QED) is 0.620. The van der Waals surface area contributed by atoms with E-state index in [4.69, 9.17) is 0 Å². The molecule has 1 fully saturated rings. The van der Waals surface area contributed by atoms with Crippen LogP contribution in [-0.2, 0) is 0 Å². The minimum absolute atomic E-state index is 0.268. The third-order valence-corrected chi connectivity index (χ3v) is 3.27. The minimum Gasteiger partial charge on any atom is -0.375 e. The number of halogens is 3. The molecule has 1 saturated carbocycles. The van der Waals surface area contributed by atoms with Gasteiger partial charge in [-0.05, 0) is 12.3 Å². The Morgan fingerprint density at radius 3 is 2.18 bits per heavy atom. The lowest BCUT2D eigenvalue weighted by atomic mass is 9.80. The van der Waals surface area contributed by atoms with E-state index >= 15 is 0 Å². The van der Waals surface area contributed by atoms with Crippen molar-refractivity contribution in [3.05, 3.63) is 10.1 Å². The standard InChI is InChI=1S/C10H16F3NO3/c11-10(12,13)9(15,7-14(16)17)6-8-4-2-1-3-5-8/h8,15H,1-7H2. The fourth-order valence-corrected chi connectivity index (χ4v) is 2.35. The van der Waals surface area contributed by atoms with E-state index in [1.54, 1.807) is 0 Å². The molecule has 100 valence electrons. The topological polar surface area (TPSA) is 63.4 Å². The maximum Gasteiger partial charge on any atom is 0.423 e. The zero-order valence-electron chi connectivity index (χ0n) is 9.37. The van der Waals surface area contributed by atoms with Crippen LogP contribution < -0.4 is 0 Å². The summed E-state index contributed by atoms with van der Waals surface area (Å²) in [5.74, 6) is -0.268. The van der Waals surface area contributed by atoms with Gasteiger partial charge in [-0.3, -0.25) is 10.1 Å². The van der Waals surface area contributed by atoms with Crippen molar-refractivity contribution in [3.8, 4) is 0 Å². The van der Waals surface area contributed by atoms with Crippen molar-refractivity contribution >= 4 is 0 Å². The second-order valence-electron chi connectivity index (χ2n) is 4.73. The molecule has 1 atom stereocenters. The molecule has 0 aromatic carbocycles. The summed E-state index contributed by atoms with van der Waals surface area (Å²) in [7, 11) is 0. The first kappa shape index (κ1) is 14.2. The molecule has 0 spiro atoms. The molecular weight excluding hydrogens is 239 g/mol. The second kappa shape index (κ2) is 5.20. The van der Waals surface area contributed by atoms with Crippen molar-refractivity contribution in [2.45, 2.75) is 50.3 Å². The third kappa shape index (κ3) is 3.83. The van der Waals surface area contributed by atoms with Gasteiger partial charge in [0.2, 0.25) is 12.1 Å². The molecule has 0 heterocycles. The van der Waals surface area contributed by atoms with Gasteiger partial charge < -0.3 is 5.11 Å². The molecule has 7 heteroatoms. The van der Waals surface area contributed by atoms with Crippen molar-refractivity contribution in [2.75, 3.05) is 6.54 Å². The van der Waals surface area contributed by atoms with Gasteiger partial charge in [0.05, 0.1) is 0 Å². The Hall–Kier alpha value is -0.850. The molecule has 4 nitrogen and oxygen atoms in total. The first-order chi connectivity index (χ1) is 7.74. The van der Waals surface area contributed by atoms with Crippen LogP contribution in [0.4, 0.5) is 13.2 Å². The molecule has 1 N–H and O–H groups in total. The van der Waals surface area contributed by atoms with Gasteiger partial charge in [0.15, 0.2) is 0 Å². The molecule has 0 amide bonds. The van der Waals surface area contributed by atoms with Crippen LogP contribution >= 0.6 is 0 Å². The molecule has 1 aliphatic rings. The molecule has 1 unspecified atom stereocenters. The Bertz CT molecular complexity index is 276. The highest BCUT2D eigenvalue weighted by molar-refractivity contribution is 4.89. The van der Waals surface area contributed by atoms with Gasteiger partial charge in [-0.25, -0.2) is 0 Å². The van der Waals surface area contributed by atoms with E-state index in [1.165, 1.54) is 0 Å². The smallest absolute Gasteiger partial charge is 0.375 e. The summed E-state index contributed by atoms with van der Waals surface area (Å²) in [4.78, 5) is 9.15. The Morgan fingerprint density at radius 2 is 1.76 bits per heavy atom. The Balaban J connectivity index is 2.72. The largest absolute Gasteiger partial charge is 0.423 e. The number of hydrogen-bond acceptors (Lipinski definition) is 3. The molecule has 0 aromatic rings. The van der Waals surface area contributed by atoms with Crippen LogP contribution in [0.3, 0.4) is 0 Å². The lowest BCUT2D eigenvalue weighted by Crippen LogP contribution is -2.52. The summed E-state index contributed by atoms with van der Waals surface area (Å²) >= 11 is 0. The maximum atomic E-state index is 12.7. The first-order valence-corrected chi connectivity index (χ1v) is 5.65. The highest BCUT2D eigenvalue weighted by Gasteiger charge is 2.58. The summed E-state index contributed by atoms with van der Waals surface area (Å²) in [6, 6.07) is 0. The lowest BCUT2D eigenvalue weighted by molar-refractivity contribution is -0.516. The summed E-state index contributed by atoms with van der Waals surface area (Å²) in [5, 5.41) is 19.8. The fraction of sp³-hybridized carbons (Fsp3) is 1.00. The molecule has 0 radical (unpaired) electrons. The van der Waals surface area contributed by atoms with Crippen LogP contribution in [0.25, 0.3) is 0 Å².